The molecular formula is C28H30N4O3S. The average molecular weight is 503 g/mol. The standard InChI is InChI=1S/C28H30N4O3S/c1-16-6-4-7-18(12-16)26-24(30-17(2)36-26)28(34)32-20(13-19-14-23(19)32)15-29-27(33)21-8-5-9-22-25(21)35-11-10-31(22)3/h4-9,12,19-20,23H,10-11,13-15H2,1-3H3,(H,29,33)/t19-,20+,23+/m1/s1. The Morgan fingerprint density at radius 2 is 2.00 bits per heavy atom. The van der Waals surface area contributed by atoms with Gasteiger partial charge in [0, 0.05) is 19.6 Å². The lowest BCUT2D eigenvalue weighted by atomic mass is 10.1. The summed E-state index contributed by atoms with van der Waals surface area (Å²) in [7, 11) is 2.00. The van der Waals surface area contributed by atoms with E-state index in [-0.39, 0.29) is 23.9 Å². The Balaban J connectivity index is 1.21. The predicted molar refractivity (Wildman–Crippen MR) is 141 cm³/mol. The molecule has 36 heavy (non-hydrogen) atoms. The SMILES string of the molecule is Cc1cccc(-c2sc(C)nc2C(=O)N2[C@H](CNC(=O)c3cccc4c3OCCN4C)C[C@@H]3C[C@@H]32)c1. The minimum atomic E-state index is -0.167. The summed E-state index contributed by atoms with van der Waals surface area (Å²) in [5, 5.41) is 3.97. The minimum Gasteiger partial charge on any atom is -0.489 e. The second-order valence-electron chi connectivity index (χ2n) is 10.1. The van der Waals surface area contributed by atoms with Crippen LogP contribution in [0, 0.1) is 19.8 Å². The molecule has 2 amide bonds. The molecular weight excluding hydrogens is 472 g/mol. The van der Waals surface area contributed by atoms with Crippen molar-refractivity contribution in [1.29, 1.82) is 0 Å². The maximum absolute atomic E-state index is 13.9. The van der Waals surface area contributed by atoms with Crippen LogP contribution in [-0.2, 0) is 0 Å². The summed E-state index contributed by atoms with van der Waals surface area (Å²) >= 11 is 1.56. The summed E-state index contributed by atoms with van der Waals surface area (Å²) in [6.45, 7) is 5.77. The van der Waals surface area contributed by atoms with Crippen LogP contribution < -0.4 is 15.0 Å². The molecule has 0 radical (unpaired) electrons. The van der Waals surface area contributed by atoms with Crippen LogP contribution >= 0.6 is 11.3 Å². The number of aromatic nitrogens is 1. The molecule has 0 spiro atoms. The van der Waals surface area contributed by atoms with Crippen LogP contribution in [0.25, 0.3) is 10.4 Å². The summed E-state index contributed by atoms with van der Waals surface area (Å²) in [4.78, 5) is 36.7. The van der Waals surface area contributed by atoms with Crippen LogP contribution in [0.3, 0.4) is 0 Å². The van der Waals surface area contributed by atoms with Gasteiger partial charge in [-0.05, 0) is 50.3 Å². The predicted octanol–water partition coefficient (Wildman–Crippen LogP) is 4.29. The number of hydrogen-bond acceptors (Lipinski definition) is 6. The highest BCUT2D eigenvalue weighted by molar-refractivity contribution is 7.15. The Labute approximate surface area is 215 Å². The second-order valence-corrected chi connectivity index (χ2v) is 11.3. The first-order chi connectivity index (χ1) is 17.4. The summed E-state index contributed by atoms with van der Waals surface area (Å²) in [5.41, 5.74) is 4.17. The van der Waals surface area contributed by atoms with Gasteiger partial charge < -0.3 is 19.9 Å². The summed E-state index contributed by atoms with van der Waals surface area (Å²) < 4.78 is 5.85. The molecule has 2 fully saturated rings. The van der Waals surface area contributed by atoms with Gasteiger partial charge in [0.05, 0.1) is 33.7 Å². The van der Waals surface area contributed by atoms with Gasteiger partial charge in [-0.2, -0.15) is 0 Å². The van der Waals surface area contributed by atoms with E-state index < -0.39 is 0 Å². The number of carbonyl (C=O) groups is 2. The first-order valence-electron chi connectivity index (χ1n) is 12.5. The van der Waals surface area contributed by atoms with E-state index in [1.165, 1.54) is 0 Å². The van der Waals surface area contributed by atoms with Gasteiger partial charge in [0.1, 0.15) is 12.3 Å². The third-order valence-corrected chi connectivity index (χ3v) is 8.50. The number of carbonyl (C=O) groups excluding carboxylic acids is 2. The summed E-state index contributed by atoms with van der Waals surface area (Å²) in [6, 6.07) is 14.1. The summed E-state index contributed by atoms with van der Waals surface area (Å²) in [5.74, 6) is 0.952. The molecule has 7 nitrogen and oxygen atoms in total. The van der Waals surface area contributed by atoms with Gasteiger partial charge in [-0.1, -0.05) is 35.9 Å². The molecule has 3 aromatic rings. The first kappa shape index (κ1) is 23.0. The fourth-order valence-electron chi connectivity index (χ4n) is 5.60. The number of ether oxygens (including phenoxy) is 1. The lowest BCUT2D eigenvalue weighted by Gasteiger charge is -2.30. The maximum atomic E-state index is 13.9. The molecule has 1 N–H and O–H groups in total. The Bertz CT molecular complexity index is 1350. The molecule has 0 bridgehead atoms. The van der Waals surface area contributed by atoms with E-state index in [0.717, 1.165) is 46.1 Å². The molecule has 186 valence electrons. The number of anilines is 1. The third-order valence-electron chi connectivity index (χ3n) is 7.48. The lowest BCUT2D eigenvalue weighted by molar-refractivity contribution is 0.0684. The van der Waals surface area contributed by atoms with Crippen molar-refractivity contribution in [2.24, 2.45) is 5.92 Å². The molecule has 3 atom stereocenters. The van der Waals surface area contributed by atoms with E-state index in [4.69, 9.17) is 4.74 Å². The largest absolute Gasteiger partial charge is 0.489 e. The zero-order valence-corrected chi connectivity index (χ0v) is 21.6. The number of fused-ring (bicyclic) bond motifs is 2. The number of benzene rings is 2. The monoisotopic (exact) mass is 502 g/mol. The van der Waals surface area contributed by atoms with E-state index in [9.17, 15) is 9.59 Å². The highest BCUT2D eigenvalue weighted by atomic mass is 32.1. The highest BCUT2D eigenvalue weighted by Crippen LogP contribution is 2.49. The molecule has 2 aromatic carbocycles. The Morgan fingerprint density at radius 1 is 1.17 bits per heavy atom. The number of likely N-dealkylation sites (N-methyl/N-ethyl adjacent to an activating group) is 1. The fourth-order valence-corrected chi connectivity index (χ4v) is 6.51. The molecule has 3 aliphatic rings. The molecule has 3 heterocycles. The number of amides is 2. The number of para-hydroxylation sites is 1. The third kappa shape index (κ3) is 4.03. The Hall–Kier alpha value is -3.39. The molecule has 0 unspecified atom stereocenters. The van der Waals surface area contributed by atoms with Crippen LogP contribution in [0.5, 0.6) is 5.75 Å². The normalized spacial score (nSPS) is 22.0. The minimum absolute atomic E-state index is 0.0258. The van der Waals surface area contributed by atoms with Crippen molar-refractivity contribution in [1.82, 2.24) is 15.2 Å². The van der Waals surface area contributed by atoms with Crippen LogP contribution in [-0.4, -0.2) is 60.5 Å². The second kappa shape index (κ2) is 8.92. The number of piperidine rings is 1. The topological polar surface area (TPSA) is 74.8 Å². The quantitative estimate of drug-likeness (QED) is 0.564. The van der Waals surface area contributed by atoms with E-state index in [1.54, 1.807) is 17.4 Å². The Kier molecular flexibility index (Phi) is 5.71. The van der Waals surface area contributed by atoms with Crippen molar-refractivity contribution in [2.45, 2.75) is 38.8 Å². The van der Waals surface area contributed by atoms with Gasteiger partial charge >= 0.3 is 0 Å². The van der Waals surface area contributed by atoms with Gasteiger partial charge in [-0.3, -0.25) is 9.59 Å². The number of aryl methyl sites for hydroxylation is 2. The van der Waals surface area contributed by atoms with Gasteiger partial charge in [0.15, 0.2) is 5.75 Å². The van der Waals surface area contributed by atoms with Crippen molar-refractivity contribution < 1.29 is 14.3 Å². The van der Waals surface area contributed by atoms with Gasteiger partial charge in [-0.25, -0.2) is 4.98 Å². The molecule has 1 saturated heterocycles. The van der Waals surface area contributed by atoms with Crippen LogP contribution in [0.2, 0.25) is 0 Å². The smallest absolute Gasteiger partial charge is 0.274 e. The average Bonchev–Trinajstić information content (AvgIpc) is 3.35. The number of hydrogen-bond donors (Lipinski definition) is 1. The van der Waals surface area contributed by atoms with E-state index in [0.29, 0.717) is 36.1 Å². The first-order valence-corrected chi connectivity index (χ1v) is 13.3. The van der Waals surface area contributed by atoms with E-state index >= 15 is 0 Å². The van der Waals surface area contributed by atoms with E-state index in [1.807, 2.05) is 43.1 Å². The van der Waals surface area contributed by atoms with Crippen LogP contribution in [0.4, 0.5) is 5.69 Å². The Morgan fingerprint density at radius 3 is 2.83 bits per heavy atom. The van der Waals surface area contributed by atoms with Gasteiger partial charge in [-0.15, -0.1) is 11.3 Å². The lowest BCUT2D eigenvalue weighted by Crippen LogP contribution is -2.45. The molecule has 1 saturated carbocycles. The number of nitrogens with one attached hydrogen (secondary N) is 1. The number of likely N-dealkylation sites (tertiary alicyclic amines) is 1. The van der Waals surface area contributed by atoms with Crippen molar-refractivity contribution in [3.8, 4) is 16.2 Å². The molecule has 1 aromatic heterocycles. The number of nitrogens with zero attached hydrogens (tertiary/aromatic N) is 3. The fraction of sp³-hybridized carbons (Fsp3) is 0.393. The summed E-state index contributed by atoms with van der Waals surface area (Å²) in [6.07, 6.45) is 1.94. The van der Waals surface area contributed by atoms with Crippen molar-refractivity contribution >= 4 is 28.8 Å². The van der Waals surface area contributed by atoms with Gasteiger partial charge in [0.2, 0.25) is 0 Å². The highest BCUT2D eigenvalue weighted by Gasteiger charge is 2.54. The van der Waals surface area contributed by atoms with Crippen molar-refractivity contribution in [2.75, 3.05) is 31.6 Å². The molecule has 6 rings (SSSR count). The zero-order chi connectivity index (χ0) is 25.0. The zero-order valence-electron chi connectivity index (χ0n) is 20.8. The van der Waals surface area contributed by atoms with E-state index in [2.05, 4.69) is 34.3 Å². The molecule has 8 heteroatoms. The molecule has 2 aliphatic heterocycles. The molecule has 1 aliphatic carbocycles. The van der Waals surface area contributed by atoms with Crippen molar-refractivity contribution in [3.05, 3.63) is 64.3 Å². The van der Waals surface area contributed by atoms with Gasteiger partial charge in [0.25, 0.3) is 11.8 Å². The van der Waals surface area contributed by atoms with Crippen molar-refractivity contribution in [3.63, 3.8) is 0 Å². The van der Waals surface area contributed by atoms with Crippen LogP contribution in [0.15, 0.2) is 42.5 Å². The number of thiazole rings is 1. The number of rotatable bonds is 5. The van der Waals surface area contributed by atoms with Crippen LogP contribution in [0.1, 0.15) is 44.3 Å². The maximum Gasteiger partial charge on any atom is 0.274 e.